The van der Waals surface area contributed by atoms with E-state index < -0.39 is 28.1 Å². The third kappa shape index (κ3) is 3.52. The fourth-order valence-corrected chi connectivity index (χ4v) is 2.07. The highest BCUT2D eigenvalue weighted by Gasteiger charge is 2.18. The first kappa shape index (κ1) is 15.3. The van der Waals surface area contributed by atoms with Gasteiger partial charge in [0, 0.05) is 23.2 Å². The molecular formula is C13H8BrF3N2O2. The number of nitrogens with zero attached hydrogens (tertiary/aromatic N) is 1. The van der Waals surface area contributed by atoms with Crippen molar-refractivity contribution in [3.63, 3.8) is 0 Å². The topological polar surface area (TPSA) is 55.2 Å². The van der Waals surface area contributed by atoms with Gasteiger partial charge in [0.15, 0.2) is 0 Å². The van der Waals surface area contributed by atoms with Crippen LogP contribution in [-0.2, 0) is 6.54 Å². The highest BCUT2D eigenvalue weighted by atomic mass is 79.9. The maximum atomic E-state index is 13.6. The van der Waals surface area contributed by atoms with Crippen LogP contribution in [0.3, 0.4) is 0 Å². The third-order valence-electron chi connectivity index (χ3n) is 2.71. The molecule has 2 aromatic rings. The molecule has 0 amide bonds. The molecule has 0 unspecified atom stereocenters. The molecule has 0 aliphatic heterocycles. The second-order valence-corrected chi connectivity index (χ2v) is 4.98. The lowest BCUT2D eigenvalue weighted by Crippen LogP contribution is -2.04. The van der Waals surface area contributed by atoms with Crippen molar-refractivity contribution in [2.45, 2.75) is 6.54 Å². The lowest BCUT2D eigenvalue weighted by Gasteiger charge is -2.09. The second kappa shape index (κ2) is 6.13. The summed E-state index contributed by atoms with van der Waals surface area (Å²) >= 11 is 3.20. The van der Waals surface area contributed by atoms with Gasteiger partial charge in [0.05, 0.1) is 10.6 Å². The van der Waals surface area contributed by atoms with Crippen LogP contribution >= 0.6 is 15.9 Å². The Balaban J connectivity index is 2.25. The zero-order chi connectivity index (χ0) is 15.6. The summed E-state index contributed by atoms with van der Waals surface area (Å²) < 4.78 is 40.5. The Morgan fingerprint density at radius 1 is 1.14 bits per heavy atom. The standard InChI is InChI=1S/C13H8BrF3N2O2/c14-9-2-1-8(15)3-7(9)6-18-12-5-13(19(20)21)11(17)4-10(12)16/h1-5,18H,6H2. The third-order valence-corrected chi connectivity index (χ3v) is 3.48. The number of benzene rings is 2. The molecular weight excluding hydrogens is 353 g/mol. The molecule has 0 bridgehead atoms. The second-order valence-electron chi connectivity index (χ2n) is 4.13. The number of halogens is 4. The molecule has 0 radical (unpaired) electrons. The largest absolute Gasteiger partial charge is 0.378 e. The fourth-order valence-electron chi connectivity index (χ4n) is 1.68. The quantitative estimate of drug-likeness (QED) is 0.649. The van der Waals surface area contributed by atoms with Crippen molar-refractivity contribution in [3.05, 3.63) is 67.9 Å². The monoisotopic (exact) mass is 360 g/mol. The first-order chi connectivity index (χ1) is 9.88. The van der Waals surface area contributed by atoms with Gasteiger partial charge in [0.2, 0.25) is 5.82 Å². The van der Waals surface area contributed by atoms with Gasteiger partial charge in [-0.05, 0) is 23.8 Å². The van der Waals surface area contributed by atoms with Crippen LogP contribution in [0.4, 0.5) is 24.5 Å². The summed E-state index contributed by atoms with van der Waals surface area (Å²) in [7, 11) is 0. The molecule has 0 aliphatic rings. The van der Waals surface area contributed by atoms with E-state index in [-0.39, 0.29) is 12.2 Å². The highest BCUT2D eigenvalue weighted by Crippen LogP contribution is 2.26. The summed E-state index contributed by atoms with van der Waals surface area (Å²) in [4.78, 5) is 9.67. The molecule has 8 heteroatoms. The van der Waals surface area contributed by atoms with Crippen LogP contribution in [0.1, 0.15) is 5.56 Å². The average molecular weight is 361 g/mol. The van der Waals surface area contributed by atoms with Crippen LogP contribution in [-0.4, -0.2) is 4.92 Å². The predicted molar refractivity (Wildman–Crippen MR) is 74.4 cm³/mol. The number of rotatable bonds is 4. The van der Waals surface area contributed by atoms with E-state index in [9.17, 15) is 23.3 Å². The van der Waals surface area contributed by atoms with Crippen molar-refractivity contribution < 1.29 is 18.1 Å². The van der Waals surface area contributed by atoms with E-state index >= 15 is 0 Å². The molecule has 0 aromatic heterocycles. The Morgan fingerprint density at radius 3 is 2.52 bits per heavy atom. The average Bonchev–Trinajstić information content (AvgIpc) is 2.41. The summed E-state index contributed by atoms with van der Waals surface area (Å²) in [6, 6.07) is 5.15. The minimum atomic E-state index is -1.25. The molecule has 0 atom stereocenters. The Hall–Kier alpha value is -2.09. The molecule has 4 nitrogen and oxygen atoms in total. The van der Waals surface area contributed by atoms with Gasteiger partial charge in [-0.2, -0.15) is 4.39 Å². The normalized spacial score (nSPS) is 10.5. The lowest BCUT2D eigenvalue weighted by atomic mass is 10.2. The highest BCUT2D eigenvalue weighted by molar-refractivity contribution is 9.10. The van der Waals surface area contributed by atoms with Crippen molar-refractivity contribution in [2.75, 3.05) is 5.32 Å². The van der Waals surface area contributed by atoms with Gasteiger partial charge in [-0.3, -0.25) is 10.1 Å². The first-order valence-electron chi connectivity index (χ1n) is 5.69. The van der Waals surface area contributed by atoms with E-state index in [1.165, 1.54) is 18.2 Å². The minimum Gasteiger partial charge on any atom is -0.378 e. The van der Waals surface area contributed by atoms with Crippen LogP contribution in [0, 0.1) is 27.6 Å². The predicted octanol–water partition coefficient (Wildman–Crippen LogP) is 4.39. The van der Waals surface area contributed by atoms with E-state index in [1.54, 1.807) is 0 Å². The maximum absolute atomic E-state index is 13.6. The molecule has 2 aromatic carbocycles. The van der Waals surface area contributed by atoms with Gasteiger partial charge < -0.3 is 5.32 Å². The van der Waals surface area contributed by atoms with Crippen molar-refractivity contribution in [1.29, 1.82) is 0 Å². The molecule has 0 saturated carbocycles. The summed E-state index contributed by atoms with van der Waals surface area (Å²) in [5.41, 5.74) is -0.585. The molecule has 1 N–H and O–H groups in total. The SMILES string of the molecule is O=[N+]([O-])c1cc(NCc2cc(F)ccc2Br)c(F)cc1F. The summed E-state index contributed by atoms with van der Waals surface area (Å²) in [5, 5.41) is 13.2. The molecule has 2 rings (SSSR count). The molecule has 0 fully saturated rings. The van der Waals surface area contributed by atoms with Crippen LogP contribution in [0.15, 0.2) is 34.8 Å². The number of nitro groups is 1. The van der Waals surface area contributed by atoms with Crippen LogP contribution in [0.2, 0.25) is 0 Å². The van der Waals surface area contributed by atoms with Crippen LogP contribution in [0.5, 0.6) is 0 Å². The Bertz CT molecular complexity index is 710. The van der Waals surface area contributed by atoms with E-state index in [4.69, 9.17) is 0 Å². The van der Waals surface area contributed by atoms with Crippen molar-refractivity contribution in [2.24, 2.45) is 0 Å². The molecule has 0 saturated heterocycles. The van der Waals surface area contributed by atoms with Gasteiger partial charge in [0.1, 0.15) is 11.6 Å². The zero-order valence-corrected chi connectivity index (χ0v) is 12.0. The molecule has 0 heterocycles. The molecule has 110 valence electrons. The van der Waals surface area contributed by atoms with E-state index in [1.807, 2.05) is 0 Å². The van der Waals surface area contributed by atoms with Crippen LogP contribution < -0.4 is 5.32 Å². The van der Waals surface area contributed by atoms with Gasteiger partial charge in [-0.25, -0.2) is 8.78 Å². The maximum Gasteiger partial charge on any atom is 0.307 e. The van der Waals surface area contributed by atoms with Crippen molar-refractivity contribution >= 4 is 27.3 Å². The molecule has 0 spiro atoms. The van der Waals surface area contributed by atoms with Gasteiger partial charge in [-0.1, -0.05) is 15.9 Å². The smallest absolute Gasteiger partial charge is 0.307 e. The van der Waals surface area contributed by atoms with Gasteiger partial charge >= 0.3 is 5.69 Å². The lowest BCUT2D eigenvalue weighted by molar-refractivity contribution is -0.387. The van der Waals surface area contributed by atoms with Gasteiger partial charge in [-0.15, -0.1) is 0 Å². The van der Waals surface area contributed by atoms with E-state index in [0.717, 1.165) is 6.07 Å². The summed E-state index contributed by atoms with van der Waals surface area (Å²) in [6.07, 6.45) is 0. The number of hydrogen-bond donors (Lipinski definition) is 1. The number of anilines is 1. The van der Waals surface area contributed by atoms with Crippen molar-refractivity contribution in [3.8, 4) is 0 Å². The summed E-state index contributed by atoms with van der Waals surface area (Å²) in [6.45, 7) is 0.0120. The van der Waals surface area contributed by atoms with Gasteiger partial charge in [0.25, 0.3) is 0 Å². The van der Waals surface area contributed by atoms with Crippen molar-refractivity contribution in [1.82, 2.24) is 0 Å². The Morgan fingerprint density at radius 2 is 1.86 bits per heavy atom. The fraction of sp³-hybridized carbons (Fsp3) is 0.0769. The molecule has 0 aliphatic carbocycles. The number of nitro benzene ring substituents is 1. The Kier molecular flexibility index (Phi) is 4.46. The minimum absolute atomic E-state index is 0.0120. The van der Waals surface area contributed by atoms with E-state index in [0.29, 0.717) is 16.1 Å². The number of nitrogens with one attached hydrogen (secondary N) is 1. The molecule has 21 heavy (non-hydrogen) atoms. The first-order valence-corrected chi connectivity index (χ1v) is 6.49. The summed E-state index contributed by atoms with van der Waals surface area (Å²) in [5.74, 6) is -2.69. The number of hydrogen-bond acceptors (Lipinski definition) is 3. The van der Waals surface area contributed by atoms with Crippen LogP contribution in [0.25, 0.3) is 0 Å². The zero-order valence-electron chi connectivity index (χ0n) is 10.4. The van der Waals surface area contributed by atoms with E-state index in [2.05, 4.69) is 21.2 Å². The Labute approximate surface area is 125 Å².